The number of nitrogens with zero attached hydrogens (tertiary/aromatic N) is 2. The Kier molecular flexibility index (Phi) is 8.57. The van der Waals surface area contributed by atoms with Gasteiger partial charge in [0.1, 0.15) is 34.1 Å². The van der Waals surface area contributed by atoms with Crippen LogP contribution in [0.25, 0.3) is 0 Å². The predicted molar refractivity (Wildman–Crippen MR) is 171 cm³/mol. The highest BCUT2D eigenvalue weighted by molar-refractivity contribution is 6.29. The summed E-state index contributed by atoms with van der Waals surface area (Å²) in [6.07, 6.45) is -6.45. The molecule has 0 atom stereocenters. The number of ether oxygens (including phenoxy) is 2. The van der Waals surface area contributed by atoms with Crippen molar-refractivity contribution in [3.8, 4) is 23.0 Å². The molecule has 0 fully saturated rings. The van der Waals surface area contributed by atoms with Crippen LogP contribution in [0.1, 0.15) is 36.1 Å². The summed E-state index contributed by atoms with van der Waals surface area (Å²) in [6, 6.07) is 18.9. The van der Waals surface area contributed by atoms with Crippen LogP contribution in [0.3, 0.4) is 0 Å². The molecule has 0 aromatic heterocycles. The minimum Gasteiger partial charge on any atom is -0.457 e. The van der Waals surface area contributed by atoms with Gasteiger partial charge in [0.15, 0.2) is 0 Å². The number of benzene rings is 4. The zero-order valence-corrected chi connectivity index (χ0v) is 26.5. The maximum absolute atomic E-state index is 14.2. The van der Waals surface area contributed by atoms with E-state index >= 15 is 0 Å². The van der Waals surface area contributed by atoms with Crippen LogP contribution in [-0.4, -0.2) is 23.6 Å². The zero-order valence-electron chi connectivity index (χ0n) is 26.5. The monoisotopic (exact) mass is 706 g/mol. The first-order chi connectivity index (χ1) is 24.0. The van der Waals surface area contributed by atoms with Gasteiger partial charge >= 0.3 is 12.4 Å². The molecule has 4 amide bonds. The van der Waals surface area contributed by atoms with Gasteiger partial charge in [0, 0.05) is 29.7 Å². The van der Waals surface area contributed by atoms with E-state index in [1.807, 2.05) is 13.8 Å². The molecule has 0 aliphatic carbocycles. The highest BCUT2D eigenvalue weighted by Crippen LogP contribution is 2.46. The van der Waals surface area contributed by atoms with Crippen molar-refractivity contribution in [2.24, 2.45) is 0 Å². The molecule has 0 saturated carbocycles. The van der Waals surface area contributed by atoms with Gasteiger partial charge in [0.05, 0.1) is 11.4 Å². The van der Waals surface area contributed by atoms with Crippen LogP contribution in [0.4, 0.5) is 37.7 Å². The highest BCUT2D eigenvalue weighted by atomic mass is 19.4. The molecular weight excluding hydrogens is 682 g/mol. The van der Waals surface area contributed by atoms with E-state index in [4.69, 9.17) is 9.47 Å². The number of hydrogen-bond donors (Lipinski definition) is 0. The lowest BCUT2D eigenvalue weighted by atomic mass is 9.78. The normalized spacial score (nSPS) is 15.0. The molecule has 2 aliphatic rings. The van der Waals surface area contributed by atoms with Gasteiger partial charge in [-0.15, -0.1) is 0 Å². The predicted octanol–water partition coefficient (Wildman–Crippen LogP) is 8.49. The van der Waals surface area contributed by atoms with Gasteiger partial charge in [-0.3, -0.25) is 19.2 Å². The lowest BCUT2D eigenvalue weighted by molar-refractivity contribution is -0.139. The topological polar surface area (TPSA) is 93.2 Å². The number of rotatable bonds is 8. The van der Waals surface area contributed by atoms with Crippen molar-refractivity contribution in [2.75, 3.05) is 9.80 Å². The van der Waals surface area contributed by atoms with Gasteiger partial charge in [-0.2, -0.15) is 26.3 Å². The highest BCUT2D eigenvalue weighted by Gasteiger charge is 2.43. The van der Waals surface area contributed by atoms with Gasteiger partial charge in [-0.25, -0.2) is 9.80 Å². The van der Waals surface area contributed by atoms with Crippen LogP contribution in [0, 0.1) is 0 Å². The Morgan fingerprint density at radius 2 is 0.784 bits per heavy atom. The van der Waals surface area contributed by atoms with E-state index in [1.165, 1.54) is 36.4 Å². The maximum atomic E-state index is 14.2. The molecule has 0 saturated heterocycles. The summed E-state index contributed by atoms with van der Waals surface area (Å²) < 4.78 is 96.6. The third-order valence-electron chi connectivity index (χ3n) is 8.28. The average molecular weight is 707 g/mol. The number of alkyl halides is 6. The van der Waals surface area contributed by atoms with Crippen LogP contribution in [0.15, 0.2) is 109 Å². The van der Waals surface area contributed by atoms with Crippen LogP contribution >= 0.6 is 0 Å². The fraction of sp³-hybridized carbons (Fsp3) is 0.135. The van der Waals surface area contributed by atoms with Crippen LogP contribution in [0.2, 0.25) is 0 Å². The van der Waals surface area contributed by atoms with E-state index in [1.54, 1.807) is 24.3 Å². The largest absolute Gasteiger partial charge is 0.457 e. The summed E-state index contributed by atoms with van der Waals surface area (Å²) in [4.78, 5) is 49.4. The first-order valence-electron chi connectivity index (χ1n) is 15.1. The number of amides is 4. The van der Waals surface area contributed by atoms with Crippen molar-refractivity contribution in [3.63, 3.8) is 0 Å². The molecule has 6 rings (SSSR count). The molecule has 0 radical (unpaired) electrons. The molecular formula is C37H24F6N2O6. The summed E-state index contributed by atoms with van der Waals surface area (Å²) in [6.45, 7) is 3.71. The Labute approximate surface area is 285 Å². The van der Waals surface area contributed by atoms with E-state index in [0.29, 0.717) is 20.9 Å². The number of carbonyl (C=O) groups excluding carboxylic acids is 4. The fourth-order valence-electron chi connectivity index (χ4n) is 5.73. The second-order valence-electron chi connectivity index (χ2n) is 11.9. The maximum Gasteiger partial charge on any atom is 0.422 e. The zero-order chi connectivity index (χ0) is 36.9. The molecule has 4 aromatic rings. The Morgan fingerprint density at radius 3 is 1.08 bits per heavy atom. The van der Waals surface area contributed by atoms with Crippen molar-refractivity contribution in [2.45, 2.75) is 31.6 Å². The Hall–Kier alpha value is -6.18. The average Bonchev–Trinajstić information content (AvgIpc) is 3.58. The smallest absolute Gasteiger partial charge is 0.422 e. The second-order valence-corrected chi connectivity index (χ2v) is 11.9. The molecule has 0 N–H and O–H groups in total. The minimum absolute atomic E-state index is 0.0361. The molecule has 4 aromatic carbocycles. The lowest BCUT2D eigenvalue weighted by Crippen LogP contribution is -2.31. The number of halogens is 6. The number of carbonyl (C=O) groups is 4. The van der Waals surface area contributed by atoms with Crippen molar-refractivity contribution >= 4 is 35.0 Å². The molecule has 8 nitrogen and oxygen atoms in total. The molecule has 260 valence electrons. The minimum atomic E-state index is -4.98. The van der Waals surface area contributed by atoms with Crippen LogP contribution < -0.4 is 19.3 Å². The van der Waals surface area contributed by atoms with Crippen molar-refractivity contribution < 1.29 is 55.0 Å². The molecule has 2 aliphatic heterocycles. The Bertz CT molecular complexity index is 1950. The number of imide groups is 2. The third kappa shape index (κ3) is 6.59. The summed E-state index contributed by atoms with van der Waals surface area (Å²) in [5.74, 6) is -4.84. The first-order valence-corrected chi connectivity index (χ1v) is 15.1. The number of anilines is 2. The van der Waals surface area contributed by atoms with E-state index in [0.717, 1.165) is 48.6 Å². The van der Waals surface area contributed by atoms with Gasteiger partial charge < -0.3 is 9.47 Å². The molecule has 0 unspecified atom stereocenters. The fourth-order valence-corrected chi connectivity index (χ4v) is 5.73. The molecule has 2 heterocycles. The summed E-state index contributed by atoms with van der Waals surface area (Å²) in [5, 5.41) is 0. The van der Waals surface area contributed by atoms with E-state index in [-0.39, 0.29) is 11.5 Å². The third-order valence-corrected chi connectivity index (χ3v) is 8.28. The second kappa shape index (κ2) is 12.6. The summed E-state index contributed by atoms with van der Waals surface area (Å²) in [7, 11) is 0. The SMILES string of the molecule is CC(C)(c1ccc(Oc2cccc(N3C(=O)C=CC3=O)c2C(F)(F)F)cc1)c1ccc(Oc2cccc(N3C(=O)C=CC3=O)c2C(F)(F)F)cc1. The van der Waals surface area contributed by atoms with Crippen LogP contribution in [-0.2, 0) is 36.9 Å². The van der Waals surface area contributed by atoms with E-state index in [2.05, 4.69) is 0 Å². The molecule has 14 heteroatoms. The standard InChI is InChI=1S/C37H24F6N2O6/c1-35(2,21-9-13-23(14-10-21)50-27-7-3-5-25(33(27)36(38,39)40)44-29(46)17-18-30(44)47)22-11-15-24(16-12-22)51-28-8-4-6-26(34(28)37(41,42)43)45-31(48)19-20-32(45)49/h3-20H,1-2H3. The van der Waals surface area contributed by atoms with Crippen molar-refractivity contribution in [3.05, 3.63) is 131 Å². The summed E-state index contributed by atoms with van der Waals surface area (Å²) in [5.41, 5.74) is -3.25. The van der Waals surface area contributed by atoms with Gasteiger partial charge in [-0.05, 0) is 59.7 Å². The van der Waals surface area contributed by atoms with Crippen molar-refractivity contribution in [1.29, 1.82) is 0 Å². The number of hydrogen-bond acceptors (Lipinski definition) is 6. The van der Waals surface area contributed by atoms with Crippen LogP contribution in [0.5, 0.6) is 23.0 Å². The summed E-state index contributed by atoms with van der Waals surface area (Å²) >= 11 is 0. The van der Waals surface area contributed by atoms with Crippen molar-refractivity contribution in [1.82, 2.24) is 0 Å². The van der Waals surface area contributed by atoms with E-state index in [9.17, 15) is 45.5 Å². The Balaban J connectivity index is 1.23. The van der Waals surface area contributed by atoms with E-state index < -0.39 is 75.4 Å². The van der Waals surface area contributed by atoms with Gasteiger partial charge in [-0.1, -0.05) is 50.2 Å². The van der Waals surface area contributed by atoms with Gasteiger partial charge in [0.25, 0.3) is 23.6 Å². The lowest BCUT2D eigenvalue weighted by Gasteiger charge is -2.27. The Morgan fingerprint density at radius 1 is 0.471 bits per heavy atom. The molecule has 51 heavy (non-hydrogen) atoms. The first kappa shape index (κ1) is 34.7. The molecule has 0 spiro atoms. The van der Waals surface area contributed by atoms with Gasteiger partial charge in [0.2, 0.25) is 0 Å². The quantitative estimate of drug-likeness (QED) is 0.135. The molecule has 0 bridgehead atoms.